The maximum absolute atomic E-state index is 12.3. The zero-order valence-corrected chi connectivity index (χ0v) is 17.0. The number of aromatic nitrogens is 4. The van der Waals surface area contributed by atoms with Crippen molar-refractivity contribution in [3.8, 4) is 5.75 Å². The van der Waals surface area contributed by atoms with E-state index >= 15 is 0 Å². The zero-order chi connectivity index (χ0) is 20.8. The molecule has 0 aliphatic rings. The summed E-state index contributed by atoms with van der Waals surface area (Å²) in [5, 5.41) is 11.5. The van der Waals surface area contributed by atoms with Crippen LogP contribution in [0.5, 0.6) is 5.75 Å². The molecule has 2 aromatic carbocycles. The topological polar surface area (TPSA) is 92.8 Å². The Morgan fingerprint density at radius 2 is 2.10 bits per heavy atom. The summed E-state index contributed by atoms with van der Waals surface area (Å²) in [5.41, 5.74) is 3.43. The van der Waals surface area contributed by atoms with E-state index in [4.69, 9.17) is 4.74 Å². The minimum absolute atomic E-state index is 0.196. The number of fused-ring (bicyclic) bond motifs is 1. The van der Waals surface area contributed by atoms with E-state index in [0.717, 1.165) is 38.6 Å². The number of nitrogens with zero attached hydrogens (tertiary/aromatic N) is 3. The van der Waals surface area contributed by atoms with Crippen LogP contribution in [0.25, 0.3) is 17.1 Å². The van der Waals surface area contributed by atoms with E-state index in [1.165, 1.54) is 12.4 Å². The molecular weight excluding hydrogens is 398 g/mol. The van der Waals surface area contributed by atoms with E-state index in [9.17, 15) is 4.79 Å². The highest BCUT2D eigenvalue weighted by Crippen LogP contribution is 2.27. The number of benzene rings is 2. The van der Waals surface area contributed by atoms with Crippen molar-refractivity contribution in [1.29, 1.82) is 0 Å². The maximum Gasteiger partial charge on any atom is 0.248 e. The molecule has 2 aromatic heterocycles. The van der Waals surface area contributed by atoms with Gasteiger partial charge >= 0.3 is 0 Å². The molecule has 1 amide bonds. The summed E-state index contributed by atoms with van der Waals surface area (Å²) in [6.45, 7) is 0. The van der Waals surface area contributed by atoms with Crippen molar-refractivity contribution in [3.05, 3.63) is 78.3 Å². The molecule has 0 aliphatic heterocycles. The number of aromatic amines is 1. The molecule has 2 N–H and O–H groups in total. The lowest BCUT2D eigenvalue weighted by Gasteiger charge is -2.06. The monoisotopic (exact) mass is 417 g/mol. The van der Waals surface area contributed by atoms with Crippen molar-refractivity contribution < 1.29 is 9.53 Å². The van der Waals surface area contributed by atoms with Gasteiger partial charge in [-0.1, -0.05) is 24.3 Å². The summed E-state index contributed by atoms with van der Waals surface area (Å²) in [5.74, 6) is 1.26. The van der Waals surface area contributed by atoms with Crippen molar-refractivity contribution in [2.24, 2.45) is 0 Å². The number of thioether (sulfide) groups is 1. The van der Waals surface area contributed by atoms with Crippen LogP contribution in [-0.2, 0) is 10.5 Å². The number of nitrogens with one attached hydrogen (secondary N) is 2. The molecule has 0 fully saturated rings. The molecule has 0 radical (unpaired) electrons. The van der Waals surface area contributed by atoms with E-state index < -0.39 is 0 Å². The van der Waals surface area contributed by atoms with E-state index in [2.05, 4.69) is 25.5 Å². The number of carbonyl (C=O) groups excluding carboxylic acids is 1. The fourth-order valence-corrected chi connectivity index (χ4v) is 3.76. The van der Waals surface area contributed by atoms with Gasteiger partial charge in [0.15, 0.2) is 5.65 Å². The predicted molar refractivity (Wildman–Crippen MR) is 118 cm³/mol. The fraction of sp³-hybridized carbons (Fsp3) is 0.0909. The molecule has 4 rings (SSSR count). The first-order chi connectivity index (χ1) is 14.7. The Labute approximate surface area is 177 Å². The average molecular weight is 417 g/mol. The van der Waals surface area contributed by atoms with Gasteiger partial charge in [0, 0.05) is 17.5 Å². The molecular formula is C22H19N5O2S. The van der Waals surface area contributed by atoms with Crippen LogP contribution < -0.4 is 10.1 Å². The summed E-state index contributed by atoms with van der Waals surface area (Å²) in [7, 11) is 1.61. The molecule has 0 unspecified atom stereocenters. The van der Waals surface area contributed by atoms with Gasteiger partial charge in [-0.05, 0) is 41.5 Å². The Bertz CT molecular complexity index is 1200. The van der Waals surface area contributed by atoms with E-state index in [1.54, 1.807) is 31.1 Å². The minimum Gasteiger partial charge on any atom is -0.497 e. The normalized spacial score (nSPS) is 11.1. The molecule has 0 atom stereocenters. The minimum atomic E-state index is -0.196. The molecule has 0 bridgehead atoms. The number of rotatable bonds is 7. The quantitative estimate of drug-likeness (QED) is 0.264. The van der Waals surface area contributed by atoms with E-state index in [-0.39, 0.29) is 5.91 Å². The summed E-state index contributed by atoms with van der Waals surface area (Å²) in [4.78, 5) is 20.8. The van der Waals surface area contributed by atoms with E-state index in [0.29, 0.717) is 5.75 Å². The molecule has 0 saturated heterocycles. The van der Waals surface area contributed by atoms with Crippen molar-refractivity contribution in [2.45, 2.75) is 10.8 Å². The van der Waals surface area contributed by atoms with Gasteiger partial charge < -0.3 is 10.1 Å². The Morgan fingerprint density at radius 3 is 3.00 bits per heavy atom. The second kappa shape index (κ2) is 9.23. The average Bonchev–Trinajstić information content (AvgIpc) is 3.26. The van der Waals surface area contributed by atoms with Crippen molar-refractivity contribution in [3.63, 3.8) is 0 Å². The van der Waals surface area contributed by atoms with Crippen molar-refractivity contribution >= 4 is 40.5 Å². The summed E-state index contributed by atoms with van der Waals surface area (Å²) < 4.78 is 5.19. The molecule has 4 aromatic rings. The highest BCUT2D eigenvalue weighted by atomic mass is 32.2. The number of H-pyrrole nitrogens is 1. The van der Waals surface area contributed by atoms with Gasteiger partial charge in [-0.25, -0.2) is 9.97 Å². The number of anilines is 1. The Hall–Kier alpha value is -3.65. The Kier molecular flexibility index (Phi) is 6.05. The van der Waals surface area contributed by atoms with Crippen LogP contribution in [0.2, 0.25) is 0 Å². The van der Waals surface area contributed by atoms with Gasteiger partial charge in [0.05, 0.1) is 18.7 Å². The molecule has 30 heavy (non-hydrogen) atoms. The van der Waals surface area contributed by atoms with E-state index in [1.807, 2.05) is 48.5 Å². The fourth-order valence-electron chi connectivity index (χ4n) is 2.85. The molecule has 0 aliphatic carbocycles. The molecule has 0 spiro atoms. The first-order valence-electron chi connectivity index (χ1n) is 9.20. The van der Waals surface area contributed by atoms with Crippen molar-refractivity contribution in [1.82, 2.24) is 20.2 Å². The van der Waals surface area contributed by atoms with Crippen LogP contribution in [0, 0.1) is 0 Å². The number of hydrogen-bond donors (Lipinski definition) is 2. The number of hydrogen-bond acceptors (Lipinski definition) is 6. The second-order valence-electron chi connectivity index (χ2n) is 6.40. The van der Waals surface area contributed by atoms with Crippen LogP contribution in [0.3, 0.4) is 0 Å². The highest BCUT2D eigenvalue weighted by Gasteiger charge is 2.07. The Morgan fingerprint density at radius 1 is 1.20 bits per heavy atom. The number of ether oxygens (including phenoxy) is 1. The smallest absolute Gasteiger partial charge is 0.248 e. The first-order valence-corrected chi connectivity index (χ1v) is 10.2. The zero-order valence-electron chi connectivity index (χ0n) is 16.2. The first kappa shape index (κ1) is 19.7. The molecule has 2 heterocycles. The van der Waals surface area contributed by atoms with Crippen molar-refractivity contribution in [2.75, 3.05) is 12.4 Å². The SMILES string of the molecule is COc1cccc(C=CC(=O)Nc2cccc(CSc3ncnc4[nH]ncc34)c2)c1. The van der Waals surface area contributed by atoms with Gasteiger partial charge in [0.1, 0.15) is 17.1 Å². The lowest BCUT2D eigenvalue weighted by molar-refractivity contribution is -0.111. The molecule has 7 nitrogen and oxygen atoms in total. The Balaban J connectivity index is 1.38. The lowest BCUT2D eigenvalue weighted by atomic mass is 10.2. The third-order valence-electron chi connectivity index (χ3n) is 4.30. The van der Waals surface area contributed by atoms with Gasteiger partial charge in [-0.15, -0.1) is 11.8 Å². The van der Waals surface area contributed by atoms with Gasteiger partial charge in [-0.3, -0.25) is 9.89 Å². The third kappa shape index (κ3) is 4.84. The number of amides is 1. The van der Waals surface area contributed by atoms with Crippen LogP contribution in [0.4, 0.5) is 5.69 Å². The number of methoxy groups -OCH3 is 1. The van der Waals surface area contributed by atoms with Crippen LogP contribution in [-0.4, -0.2) is 33.2 Å². The molecule has 8 heteroatoms. The van der Waals surface area contributed by atoms with Crippen LogP contribution in [0.15, 0.2) is 72.2 Å². The molecule has 0 saturated carbocycles. The third-order valence-corrected chi connectivity index (χ3v) is 5.38. The summed E-state index contributed by atoms with van der Waals surface area (Å²) in [6.07, 6.45) is 6.51. The number of carbonyl (C=O) groups is 1. The predicted octanol–water partition coefficient (Wildman–Crippen LogP) is 4.31. The van der Waals surface area contributed by atoms with Gasteiger partial charge in [-0.2, -0.15) is 5.10 Å². The van der Waals surface area contributed by atoms with Crippen LogP contribution in [0.1, 0.15) is 11.1 Å². The molecule has 150 valence electrons. The van der Waals surface area contributed by atoms with Crippen LogP contribution >= 0.6 is 11.8 Å². The van der Waals surface area contributed by atoms with Gasteiger partial charge in [0.2, 0.25) is 5.91 Å². The summed E-state index contributed by atoms with van der Waals surface area (Å²) in [6, 6.07) is 15.3. The maximum atomic E-state index is 12.3. The highest BCUT2D eigenvalue weighted by molar-refractivity contribution is 7.98. The summed E-state index contributed by atoms with van der Waals surface area (Å²) >= 11 is 1.60. The second-order valence-corrected chi connectivity index (χ2v) is 7.36. The standard InChI is InChI=1S/C22H19N5O2S/c1-29-18-7-3-4-15(11-18)8-9-20(28)26-17-6-2-5-16(10-17)13-30-22-19-12-25-27-21(19)23-14-24-22/h2-12,14H,13H2,1H3,(H,26,28)(H,23,24,25,27). The van der Waals surface area contributed by atoms with Gasteiger partial charge in [0.25, 0.3) is 0 Å². The lowest BCUT2D eigenvalue weighted by Crippen LogP contribution is -2.07. The largest absolute Gasteiger partial charge is 0.497 e.